The molecule has 21 heavy (non-hydrogen) atoms. The molecule has 6 heteroatoms. The zero-order chi connectivity index (χ0) is 15.9. The Morgan fingerprint density at radius 1 is 1.29 bits per heavy atom. The molecule has 1 saturated carbocycles. The van der Waals surface area contributed by atoms with Crippen molar-refractivity contribution < 1.29 is 19.4 Å². The van der Waals surface area contributed by atoms with Crippen LogP contribution in [0.5, 0.6) is 0 Å². The Labute approximate surface area is 126 Å². The Balaban J connectivity index is 2.40. The molecule has 3 N–H and O–H groups in total. The van der Waals surface area contributed by atoms with Gasteiger partial charge in [0.25, 0.3) is 0 Å². The van der Waals surface area contributed by atoms with Gasteiger partial charge in [0.05, 0.1) is 6.10 Å². The summed E-state index contributed by atoms with van der Waals surface area (Å²) in [5.41, 5.74) is 0.0222. The fraction of sp³-hybridized carbons (Fsp3) is 0.867. The Morgan fingerprint density at radius 2 is 1.95 bits per heavy atom. The van der Waals surface area contributed by atoms with Crippen LogP contribution in [0.3, 0.4) is 0 Å². The van der Waals surface area contributed by atoms with Gasteiger partial charge >= 0.3 is 12.0 Å². The summed E-state index contributed by atoms with van der Waals surface area (Å²) >= 11 is 0. The molecule has 0 aromatic heterocycles. The Morgan fingerprint density at radius 3 is 2.48 bits per heavy atom. The Bertz CT molecular complexity index is 356. The van der Waals surface area contributed by atoms with Gasteiger partial charge < -0.3 is 20.5 Å². The number of urea groups is 1. The van der Waals surface area contributed by atoms with E-state index in [-0.39, 0.29) is 30.0 Å². The maximum atomic E-state index is 11.9. The Hall–Kier alpha value is -1.30. The largest absolute Gasteiger partial charge is 0.481 e. The minimum absolute atomic E-state index is 0.0222. The molecule has 1 aliphatic carbocycles. The summed E-state index contributed by atoms with van der Waals surface area (Å²) in [6.07, 6.45) is 3.52. The molecule has 6 nitrogen and oxygen atoms in total. The summed E-state index contributed by atoms with van der Waals surface area (Å²) in [6.45, 7) is 7.33. The summed E-state index contributed by atoms with van der Waals surface area (Å²) in [5.74, 6) is -0.841. The van der Waals surface area contributed by atoms with Gasteiger partial charge in [0.15, 0.2) is 0 Å². The third-order valence-corrected chi connectivity index (χ3v) is 4.63. The molecule has 2 unspecified atom stereocenters. The molecule has 1 rings (SSSR count). The number of carbonyl (C=O) groups excluding carboxylic acids is 1. The normalized spacial score (nSPS) is 23.2. The number of carbonyl (C=O) groups is 2. The number of hydrogen-bond donors (Lipinski definition) is 3. The van der Waals surface area contributed by atoms with Crippen LogP contribution in [0.2, 0.25) is 0 Å². The van der Waals surface area contributed by atoms with Crippen molar-refractivity contribution in [1.82, 2.24) is 10.6 Å². The van der Waals surface area contributed by atoms with Gasteiger partial charge in [-0.25, -0.2) is 4.79 Å². The number of carboxylic acids is 1. The highest BCUT2D eigenvalue weighted by atomic mass is 16.5. The second-order valence-corrected chi connectivity index (χ2v) is 5.57. The molecule has 1 fully saturated rings. The van der Waals surface area contributed by atoms with Crippen LogP contribution in [0.4, 0.5) is 4.79 Å². The smallest absolute Gasteiger partial charge is 0.315 e. The Kier molecular flexibility index (Phi) is 6.95. The van der Waals surface area contributed by atoms with Gasteiger partial charge in [0, 0.05) is 31.0 Å². The second kappa shape index (κ2) is 8.22. The molecule has 1 aliphatic rings. The maximum Gasteiger partial charge on any atom is 0.315 e. The predicted octanol–water partition coefficient (Wildman–Crippen LogP) is 2.13. The van der Waals surface area contributed by atoms with Crippen LogP contribution in [-0.2, 0) is 9.53 Å². The zero-order valence-electron chi connectivity index (χ0n) is 13.3. The van der Waals surface area contributed by atoms with E-state index in [1.165, 1.54) is 0 Å². The third-order valence-electron chi connectivity index (χ3n) is 4.63. The van der Waals surface area contributed by atoms with Crippen LogP contribution in [0, 0.1) is 5.41 Å². The number of aliphatic carboxylic acids is 1. The molecule has 0 bridgehead atoms. The molecule has 0 saturated heterocycles. The van der Waals surface area contributed by atoms with Crippen molar-refractivity contribution in [3.8, 4) is 0 Å². The summed E-state index contributed by atoms with van der Waals surface area (Å²) in [5, 5.41) is 14.3. The first-order valence-electron chi connectivity index (χ1n) is 7.87. The quantitative estimate of drug-likeness (QED) is 0.569. The molecule has 0 aromatic carbocycles. The van der Waals surface area contributed by atoms with Gasteiger partial charge in [-0.1, -0.05) is 13.8 Å². The minimum atomic E-state index is -0.841. The van der Waals surface area contributed by atoms with E-state index in [9.17, 15) is 9.59 Å². The van der Waals surface area contributed by atoms with Crippen LogP contribution >= 0.6 is 0 Å². The molecule has 122 valence electrons. The van der Waals surface area contributed by atoms with E-state index in [2.05, 4.69) is 24.5 Å². The van der Waals surface area contributed by atoms with E-state index in [0.29, 0.717) is 19.6 Å². The molecule has 0 spiro atoms. The lowest BCUT2D eigenvalue weighted by molar-refractivity contribution is -0.137. The van der Waals surface area contributed by atoms with E-state index in [1.807, 2.05) is 6.92 Å². The average Bonchev–Trinajstić information content (AvgIpc) is 2.44. The van der Waals surface area contributed by atoms with Crippen LogP contribution in [0.25, 0.3) is 0 Å². The van der Waals surface area contributed by atoms with Gasteiger partial charge in [-0.3, -0.25) is 4.79 Å². The first-order valence-corrected chi connectivity index (χ1v) is 7.87. The van der Waals surface area contributed by atoms with E-state index >= 15 is 0 Å². The van der Waals surface area contributed by atoms with Gasteiger partial charge in [-0.15, -0.1) is 0 Å². The van der Waals surface area contributed by atoms with Crippen molar-refractivity contribution in [2.75, 3.05) is 13.2 Å². The molecule has 0 aromatic rings. The highest BCUT2D eigenvalue weighted by Crippen LogP contribution is 2.48. The molecule has 0 aliphatic heterocycles. The molecule has 2 amide bonds. The first-order chi connectivity index (χ1) is 10.00. The van der Waals surface area contributed by atoms with E-state index in [1.54, 1.807) is 0 Å². The number of nitrogens with one attached hydrogen (secondary N) is 2. The second-order valence-electron chi connectivity index (χ2n) is 5.57. The maximum absolute atomic E-state index is 11.9. The lowest BCUT2D eigenvalue weighted by Gasteiger charge is -2.55. The minimum Gasteiger partial charge on any atom is -0.481 e. The number of amides is 2. The van der Waals surface area contributed by atoms with Gasteiger partial charge in [-0.05, 0) is 32.6 Å². The monoisotopic (exact) mass is 300 g/mol. The number of rotatable bonds is 9. The topological polar surface area (TPSA) is 87.7 Å². The van der Waals surface area contributed by atoms with Crippen LogP contribution in [-0.4, -0.2) is 42.4 Å². The zero-order valence-corrected chi connectivity index (χ0v) is 13.3. The van der Waals surface area contributed by atoms with Gasteiger partial charge in [-0.2, -0.15) is 0 Å². The summed E-state index contributed by atoms with van der Waals surface area (Å²) in [7, 11) is 0. The molecular formula is C15H28N2O4. The lowest BCUT2D eigenvalue weighted by atomic mass is 9.58. The van der Waals surface area contributed by atoms with Crippen LogP contribution < -0.4 is 10.6 Å². The van der Waals surface area contributed by atoms with Crippen molar-refractivity contribution in [1.29, 1.82) is 0 Å². The van der Waals surface area contributed by atoms with E-state index in [4.69, 9.17) is 9.84 Å². The molecule has 0 radical (unpaired) electrons. The highest BCUT2D eigenvalue weighted by molar-refractivity contribution is 5.74. The highest BCUT2D eigenvalue weighted by Gasteiger charge is 2.53. The molecule has 2 atom stereocenters. The predicted molar refractivity (Wildman–Crippen MR) is 80.2 cm³/mol. The van der Waals surface area contributed by atoms with Gasteiger partial charge in [0.1, 0.15) is 0 Å². The fourth-order valence-electron chi connectivity index (χ4n) is 3.23. The lowest BCUT2D eigenvalue weighted by Crippen LogP contribution is -2.65. The standard InChI is InChI=1S/C15H28N2O4/c1-4-15(5-2)11(10-12(15)21-6-3)17-14(20)16-9-7-8-13(18)19/h11-12H,4-10H2,1-3H3,(H,18,19)(H2,16,17,20). The van der Waals surface area contributed by atoms with Crippen LogP contribution in [0.1, 0.15) is 52.9 Å². The number of hydrogen-bond acceptors (Lipinski definition) is 3. The molecule has 0 heterocycles. The van der Waals surface area contributed by atoms with E-state index < -0.39 is 5.97 Å². The van der Waals surface area contributed by atoms with Crippen molar-refractivity contribution >= 4 is 12.0 Å². The third kappa shape index (κ3) is 4.33. The first kappa shape index (κ1) is 17.8. The van der Waals surface area contributed by atoms with Gasteiger partial charge in [0.2, 0.25) is 0 Å². The van der Waals surface area contributed by atoms with Crippen molar-refractivity contribution in [3.63, 3.8) is 0 Å². The summed E-state index contributed by atoms with van der Waals surface area (Å²) < 4.78 is 5.78. The van der Waals surface area contributed by atoms with Crippen molar-refractivity contribution in [2.45, 2.75) is 65.0 Å². The summed E-state index contributed by atoms with van der Waals surface area (Å²) in [4.78, 5) is 22.3. The fourth-order valence-corrected chi connectivity index (χ4v) is 3.23. The number of carboxylic acid groups (broad SMARTS) is 1. The van der Waals surface area contributed by atoms with Crippen LogP contribution in [0.15, 0.2) is 0 Å². The van der Waals surface area contributed by atoms with Crippen molar-refractivity contribution in [2.24, 2.45) is 5.41 Å². The average molecular weight is 300 g/mol. The molecular weight excluding hydrogens is 272 g/mol. The van der Waals surface area contributed by atoms with Crippen molar-refractivity contribution in [3.05, 3.63) is 0 Å². The summed E-state index contributed by atoms with van der Waals surface area (Å²) in [6, 6.07) is -0.0878. The number of ether oxygens (including phenoxy) is 1. The van der Waals surface area contributed by atoms with E-state index in [0.717, 1.165) is 19.3 Å². The SMILES string of the molecule is CCOC1CC(NC(=O)NCCCC(=O)O)C1(CC)CC.